The number of morpholine rings is 1. The van der Waals surface area contributed by atoms with Crippen LogP contribution in [0.15, 0.2) is 29.3 Å². The Morgan fingerprint density at radius 3 is 2.71 bits per heavy atom. The molecule has 2 N–H and O–H groups in total. The second-order valence-corrected chi connectivity index (χ2v) is 6.87. The summed E-state index contributed by atoms with van der Waals surface area (Å²) >= 11 is 6.47. The molecule has 2 aliphatic rings. The first-order chi connectivity index (χ1) is 11.8. The zero-order chi connectivity index (χ0) is 16.8. The summed E-state index contributed by atoms with van der Waals surface area (Å²) in [6, 6.07) is 8.32. The monoisotopic (exact) mass is 350 g/mol. The number of ether oxygens (including phenoxy) is 1. The van der Waals surface area contributed by atoms with Gasteiger partial charge in [-0.3, -0.25) is 9.89 Å². The van der Waals surface area contributed by atoms with Gasteiger partial charge >= 0.3 is 0 Å². The second kappa shape index (κ2) is 8.70. The van der Waals surface area contributed by atoms with Crippen LogP contribution in [0.4, 0.5) is 0 Å². The molecule has 24 heavy (non-hydrogen) atoms. The molecule has 1 heterocycles. The van der Waals surface area contributed by atoms with Gasteiger partial charge in [0.2, 0.25) is 0 Å². The summed E-state index contributed by atoms with van der Waals surface area (Å²) in [5.74, 6) is 1.69. The van der Waals surface area contributed by atoms with Crippen LogP contribution in [0.1, 0.15) is 24.4 Å². The van der Waals surface area contributed by atoms with E-state index >= 15 is 0 Å². The number of guanidine groups is 1. The molecule has 3 rings (SSSR count). The van der Waals surface area contributed by atoms with Crippen molar-refractivity contribution in [2.24, 2.45) is 10.9 Å². The van der Waals surface area contributed by atoms with Gasteiger partial charge in [0, 0.05) is 38.2 Å². The third-order valence-corrected chi connectivity index (χ3v) is 5.04. The Balaban J connectivity index is 1.65. The minimum atomic E-state index is 0.210. The summed E-state index contributed by atoms with van der Waals surface area (Å²) in [6.07, 6.45) is 2.67. The molecule has 1 aliphatic carbocycles. The average Bonchev–Trinajstić information content (AvgIpc) is 3.44. The Morgan fingerprint density at radius 1 is 1.29 bits per heavy atom. The first kappa shape index (κ1) is 17.5. The van der Waals surface area contributed by atoms with Crippen molar-refractivity contribution in [3.63, 3.8) is 0 Å². The first-order valence-corrected chi connectivity index (χ1v) is 9.16. The molecule has 0 radical (unpaired) electrons. The maximum atomic E-state index is 6.47. The number of nitrogens with one attached hydrogen (secondary N) is 2. The number of hydrogen-bond donors (Lipinski definition) is 2. The molecular weight excluding hydrogens is 324 g/mol. The highest BCUT2D eigenvalue weighted by Crippen LogP contribution is 2.28. The van der Waals surface area contributed by atoms with E-state index in [0.717, 1.165) is 61.9 Å². The fourth-order valence-electron chi connectivity index (χ4n) is 3.05. The summed E-state index contributed by atoms with van der Waals surface area (Å²) in [5.41, 5.74) is 1.16. The predicted molar refractivity (Wildman–Crippen MR) is 98.7 cm³/mol. The van der Waals surface area contributed by atoms with E-state index < -0.39 is 0 Å². The maximum absolute atomic E-state index is 6.47. The molecule has 1 aromatic rings. The van der Waals surface area contributed by atoms with Crippen LogP contribution in [0.2, 0.25) is 5.02 Å². The topological polar surface area (TPSA) is 48.9 Å². The zero-order valence-electron chi connectivity index (χ0n) is 14.3. The van der Waals surface area contributed by atoms with E-state index in [1.165, 1.54) is 12.8 Å². The molecule has 0 bridgehead atoms. The lowest BCUT2D eigenvalue weighted by Gasteiger charge is -2.35. The van der Waals surface area contributed by atoms with E-state index in [4.69, 9.17) is 16.3 Å². The van der Waals surface area contributed by atoms with Crippen molar-refractivity contribution in [1.29, 1.82) is 0 Å². The highest BCUT2D eigenvalue weighted by atomic mass is 35.5. The van der Waals surface area contributed by atoms with Gasteiger partial charge in [-0.15, -0.1) is 0 Å². The average molecular weight is 351 g/mol. The molecule has 1 aromatic carbocycles. The van der Waals surface area contributed by atoms with Gasteiger partial charge in [-0.05, 0) is 30.4 Å². The molecule has 6 heteroatoms. The maximum Gasteiger partial charge on any atom is 0.191 e. The quantitative estimate of drug-likeness (QED) is 0.610. The van der Waals surface area contributed by atoms with E-state index in [0.29, 0.717) is 0 Å². The van der Waals surface area contributed by atoms with Gasteiger partial charge < -0.3 is 15.4 Å². The molecular formula is C18H27ClN4O. The molecule has 1 unspecified atom stereocenters. The van der Waals surface area contributed by atoms with Gasteiger partial charge in [0.25, 0.3) is 0 Å². The van der Waals surface area contributed by atoms with Crippen molar-refractivity contribution < 1.29 is 4.74 Å². The Labute approximate surface area is 149 Å². The number of nitrogens with zero attached hydrogens (tertiary/aromatic N) is 2. The first-order valence-electron chi connectivity index (χ1n) is 8.78. The van der Waals surface area contributed by atoms with Crippen molar-refractivity contribution in [3.8, 4) is 0 Å². The van der Waals surface area contributed by atoms with Crippen LogP contribution in [0.5, 0.6) is 0 Å². The Morgan fingerprint density at radius 2 is 2.04 bits per heavy atom. The molecule has 1 saturated carbocycles. The number of rotatable bonds is 6. The summed E-state index contributed by atoms with van der Waals surface area (Å²) in [7, 11) is 1.82. The predicted octanol–water partition coefficient (Wildman–Crippen LogP) is 2.29. The van der Waals surface area contributed by atoms with Gasteiger partial charge in [-0.1, -0.05) is 29.8 Å². The van der Waals surface area contributed by atoms with Crippen molar-refractivity contribution >= 4 is 17.6 Å². The second-order valence-electron chi connectivity index (χ2n) is 6.46. The molecule has 1 aliphatic heterocycles. The standard InChI is InChI=1S/C18H27ClN4O/c1-20-18(21-12-14-6-7-14)22-13-17(23-8-10-24-11-9-23)15-4-2-3-5-16(15)19/h2-5,14,17H,6-13H2,1H3,(H2,20,21,22). The van der Waals surface area contributed by atoms with Gasteiger partial charge in [-0.2, -0.15) is 0 Å². The lowest BCUT2D eigenvalue weighted by molar-refractivity contribution is 0.0170. The Bertz CT molecular complexity index is 556. The third-order valence-electron chi connectivity index (χ3n) is 4.69. The number of halogens is 1. The van der Waals surface area contributed by atoms with Gasteiger partial charge in [-0.25, -0.2) is 0 Å². The number of aliphatic imine (C=N–C) groups is 1. The normalized spacial score (nSPS) is 20.7. The van der Waals surface area contributed by atoms with Crippen LogP contribution in [0.3, 0.4) is 0 Å². The minimum absolute atomic E-state index is 0.210. The molecule has 1 atom stereocenters. The summed E-state index contributed by atoms with van der Waals surface area (Å²) in [4.78, 5) is 6.78. The van der Waals surface area contributed by atoms with E-state index in [1.807, 2.05) is 19.2 Å². The van der Waals surface area contributed by atoms with Crippen LogP contribution in [0, 0.1) is 5.92 Å². The van der Waals surface area contributed by atoms with E-state index in [2.05, 4.69) is 32.7 Å². The SMILES string of the molecule is CN=C(NCC1CC1)NCC(c1ccccc1Cl)N1CCOCC1. The molecule has 5 nitrogen and oxygen atoms in total. The summed E-state index contributed by atoms with van der Waals surface area (Å²) < 4.78 is 5.50. The number of benzene rings is 1. The van der Waals surface area contributed by atoms with Crippen LogP contribution >= 0.6 is 11.6 Å². The van der Waals surface area contributed by atoms with Gasteiger partial charge in [0.1, 0.15) is 0 Å². The van der Waals surface area contributed by atoms with E-state index in [9.17, 15) is 0 Å². The molecule has 0 aromatic heterocycles. The van der Waals surface area contributed by atoms with Gasteiger partial charge in [0.05, 0.1) is 19.3 Å². The van der Waals surface area contributed by atoms with Crippen LogP contribution in [-0.2, 0) is 4.74 Å². The highest BCUT2D eigenvalue weighted by Gasteiger charge is 2.25. The molecule has 0 spiro atoms. The van der Waals surface area contributed by atoms with Gasteiger partial charge in [0.15, 0.2) is 5.96 Å². The smallest absolute Gasteiger partial charge is 0.191 e. The van der Waals surface area contributed by atoms with Crippen molar-refractivity contribution in [1.82, 2.24) is 15.5 Å². The highest BCUT2D eigenvalue weighted by molar-refractivity contribution is 6.31. The lowest BCUT2D eigenvalue weighted by atomic mass is 10.0. The van der Waals surface area contributed by atoms with Crippen molar-refractivity contribution in [3.05, 3.63) is 34.9 Å². The molecule has 132 valence electrons. The third kappa shape index (κ3) is 4.85. The largest absolute Gasteiger partial charge is 0.379 e. The number of hydrogen-bond acceptors (Lipinski definition) is 3. The minimum Gasteiger partial charge on any atom is -0.379 e. The summed E-state index contributed by atoms with van der Waals surface area (Å²) in [5, 5.41) is 7.71. The van der Waals surface area contributed by atoms with Crippen LogP contribution in [0.25, 0.3) is 0 Å². The summed E-state index contributed by atoms with van der Waals surface area (Å²) in [6.45, 7) is 5.17. The van der Waals surface area contributed by atoms with Crippen LogP contribution in [-0.4, -0.2) is 57.3 Å². The molecule has 0 amide bonds. The molecule has 2 fully saturated rings. The van der Waals surface area contributed by atoms with E-state index in [-0.39, 0.29) is 6.04 Å². The lowest BCUT2D eigenvalue weighted by Crippen LogP contribution is -2.46. The van der Waals surface area contributed by atoms with Crippen LogP contribution < -0.4 is 10.6 Å². The van der Waals surface area contributed by atoms with E-state index in [1.54, 1.807) is 0 Å². The fourth-order valence-corrected chi connectivity index (χ4v) is 3.31. The fraction of sp³-hybridized carbons (Fsp3) is 0.611. The van der Waals surface area contributed by atoms with Crippen molar-refractivity contribution in [2.75, 3.05) is 46.4 Å². The Kier molecular flexibility index (Phi) is 6.35. The van der Waals surface area contributed by atoms with Crippen molar-refractivity contribution in [2.45, 2.75) is 18.9 Å². The zero-order valence-corrected chi connectivity index (χ0v) is 15.1. The molecule has 1 saturated heterocycles. The Hall–Kier alpha value is -1.30.